The molecule has 2 N–H and O–H groups in total. The van der Waals surface area contributed by atoms with Gasteiger partial charge in [0.05, 0.1) is 0 Å². The van der Waals surface area contributed by atoms with Crippen molar-refractivity contribution in [1.29, 1.82) is 0 Å². The summed E-state index contributed by atoms with van der Waals surface area (Å²) in [7, 11) is 0. The van der Waals surface area contributed by atoms with Crippen LogP contribution in [0.4, 0.5) is 8.78 Å². The number of primary amides is 1. The van der Waals surface area contributed by atoms with Crippen LogP contribution in [0.1, 0.15) is 0 Å². The van der Waals surface area contributed by atoms with Crippen LogP contribution in [0.25, 0.3) is 0 Å². The molecule has 2 nitrogen and oxygen atoms in total. The van der Waals surface area contributed by atoms with Gasteiger partial charge in [0, 0.05) is 0 Å². The van der Waals surface area contributed by atoms with E-state index < -0.39 is 11.3 Å². The van der Waals surface area contributed by atoms with Crippen LogP contribution in [0.3, 0.4) is 0 Å². The van der Waals surface area contributed by atoms with Gasteiger partial charge in [0.25, 0.3) is 0 Å². The number of nitrogens with two attached hydrogens (primary N) is 1. The highest BCUT2D eigenvalue weighted by molar-refractivity contribution is 6.31. The first-order chi connectivity index (χ1) is 2.94. The van der Waals surface area contributed by atoms with Crippen molar-refractivity contribution in [3.8, 4) is 0 Å². The van der Waals surface area contributed by atoms with E-state index in [-0.39, 0.29) is 0 Å². The van der Waals surface area contributed by atoms with E-state index in [1.807, 2.05) is 0 Å². The third kappa shape index (κ3) is 2.33. The predicted molar refractivity (Wildman–Crippen MR) is 20.0 cm³/mol. The van der Waals surface area contributed by atoms with Crippen molar-refractivity contribution >= 4 is 17.5 Å². The fourth-order valence-electron chi connectivity index (χ4n) is 0. The first-order valence-corrected chi connectivity index (χ1v) is 1.69. The van der Waals surface area contributed by atoms with Crippen molar-refractivity contribution in [2.75, 3.05) is 0 Å². The molecule has 0 radical (unpaired) electrons. The Labute approximate surface area is 43.2 Å². The van der Waals surface area contributed by atoms with Gasteiger partial charge in [-0.3, -0.25) is 4.79 Å². The molecule has 0 bridgehead atoms. The first kappa shape index (κ1) is 6.62. The molecule has 0 saturated carbocycles. The second-order valence-electron chi connectivity index (χ2n) is 0.862. The van der Waals surface area contributed by atoms with Gasteiger partial charge in [0.15, 0.2) is 0 Å². The average Bonchev–Trinajstić information content (AvgIpc) is 1.31. The zero-order valence-electron chi connectivity index (χ0n) is 3.12. The normalized spacial score (nSPS) is 11.3. The Bertz CT molecular complexity index is 88.2. The molecule has 0 heterocycles. The number of carbonyl (C=O) groups excluding carboxylic acids is 1. The second-order valence-corrected chi connectivity index (χ2v) is 1.34. The molecule has 5 heteroatoms. The number of hydrogen-bond donors (Lipinski definition) is 1. The summed E-state index contributed by atoms with van der Waals surface area (Å²) in [4.78, 5) is 9.36. The van der Waals surface area contributed by atoms with E-state index in [2.05, 4.69) is 17.3 Å². The summed E-state index contributed by atoms with van der Waals surface area (Å²) >= 11 is 4.06. The van der Waals surface area contributed by atoms with Crippen LogP contribution in [0.5, 0.6) is 0 Å². The molecule has 0 aliphatic rings. The van der Waals surface area contributed by atoms with Crippen molar-refractivity contribution in [2.45, 2.75) is 5.38 Å². The number of rotatable bonds is 1. The van der Waals surface area contributed by atoms with E-state index in [0.29, 0.717) is 0 Å². The molecule has 0 saturated heterocycles. The summed E-state index contributed by atoms with van der Waals surface area (Å²) in [6, 6.07) is 0. The highest BCUT2D eigenvalue weighted by Crippen LogP contribution is 2.16. The maximum absolute atomic E-state index is 11.1. The maximum Gasteiger partial charge on any atom is 0.399 e. The molecule has 0 aliphatic carbocycles. The minimum Gasteiger partial charge on any atom is -0.363 e. The molecule has 0 aromatic heterocycles. The van der Waals surface area contributed by atoms with Crippen LogP contribution in [-0.4, -0.2) is 11.3 Å². The molecule has 7 heavy (non-hydrogen) atoms. The van der Waals surface area contributed by atoms with Crippen molar-refractivity contribution in [2.24, 2.45) is 5.73 Å². The third-order valence-electron chi connectivity index (χ3n) is 0.279. The zero-order valence-corrected chi connectivity index (χ0v) is 3.88. The molecule has 42 valence electrons. The van der Waals surface area contributed by atoms with Crippen LogP contribution < -0.4 is 5.73 Å². The molecule has 0 unspecified atom stereocenters. The molecule has 0 aromatic rings. The number of hydrogen-bond acceptors (Lipinski definition) is 1. The van der Waals surface area contributed by atoms with Crippen LogP contribution in [0, 0.1) is 0 Å². The minimum absolute atomic E-state index is 1.82. The summed E-state index contributed by atoms with van der Waals surface area (Å²) in [5.74, 6) is -1.82. The Hall–Kier alpha value is -0.380. The molecule has 0 aliphatic heterocycles. The van der Waals surface area contributed by atoms with Gasteiger partial charge in [-0.2, -0.15) is 8.78 Å². The fraction of sp³-hybridized carbons (Fsp3) is 0.500. The van der Waals surface area contributed by atoms with E-state index in [0.717, 1.165) is 0 Å². The van der Waals surface area contributed by atoms with E-state index in [1.54, 1.807) is 0 Å². The van der Waals surface area contributed by atoms with Crippen LogP contribution >= 0.6 is 11.6 Å². The van der Waals surface area contributed by atoms with E-state index in [1.165, 1.54) is 0 Å². The lowest BCUT2D eigenvalue weighted by Crippen LogP contribution is -2.29. The van der Waals surface area contributed by atoms with Crippen molar-refractivity contribution in [3.05, 3.63) is 0 Å². The topological polar surface area (TPSA) is 43.1 Å². The third-order valence-corrected chi connectivity index (χ3v) is 0.466. The van der Waals surface area contributed by atoms with E-state index in [4.69, 9.17) is 0 Å². The Morgan fingerprint density at radius 3 is 1.86 bits per heavy atom. The Balaban J connectivity index is 3.79. The van der Waals surface area contributed by atoms with Gasteiger partial charge < -0.3 is 5.73 Å². The Morgan fingerprint density at radius 2 is 1.86 bits per heavy atom. The molecule has 0 atom stereocenters. The van der Waals surface area contributed by atoms with Crippen molar-refractivity contribution < 1.29 is 13.6 Å². The SMILES string of the molecule is NC(=O)C(F)(F)Cl. The predicted octanol–water partition coefficient (Wildman–Crippen LogP) is 0.303. The van der Waals surface area contributed by atoms with Gasteiger partial charge >= 0.3 is 11.3 Å². The largest absolute Gasteiger partial charge is 0.399 e. The first-order valence-electron chi connectivity index (χ1n) is 1.31. The van der Waals surface area contributed by atoms with Crippen molar-refractivity contribution in [1.82, 2.24) is 0 Å². The summed E-state index contributed by atoms with van der Waals surface area (Å²) < 4.78 is 22.3. The van der Waals surface area contributed by atoms with Crippen LogP contribution in [0.2, 0.25) is 0 Å². The van der Waals surface area contributed by atoms with Crippen molar-refractivity contribution in [3.63, 3.8) is 0 Å². The molecular formula is C2H2ClF2NO. The second kappa shape index (κ2) is 1.61. The number of carbonyl (C=O) groups is 1. The van der Waals surface area contributed by atoms with Gasteiger partial charge in [0.2, 0.25) is 0 Å². The average molecular weight is 129 g/mol. The Morgan fingerprint density at radius 1 is 1.71 bits per heavy atom. The van der Waals surface area contributed by atoms with Gasteiger partial charge in [-0.25, -0.2) is 0 Å². The summed E-state index contributed by atoms with van der Waals surface area (Å²) in [6.07, 6.45) is 0. The van der Waals surface area contributed by atoms with Gasteiger partial charge in [-0.15, -0.1) is 0 Å². The molecule has 0 fully saturated rings. The molecular weight excluding hydrogens is 127 g/mol. The minimum atomic E-state index is -3.89. The van der Waals surface area contributed by atoms with Crippen LogP contribution in [0.15, 0.2) is 0 Å². The number of halogens is 3. The Kier molecular flexibility index (Phi) is 1.53. The quantitative estimate of drug-likeness (QED) is 0.509. The fourth-order valence-corrected chi connectivity index (χ4v) is 0. The van der Waals surface area contributed by atoms with E-state index >= 15 is 0 Å². The van der Waals surface area contributed by atoms with Gasteiger partial charge in [-0.05, 0) is 11.6 Å². The lowest BCUT2D eigenvalue weighted by atomic mass is 10.7. The summed E-state index contributed by atoms with van der Waals surface area (Å²) in [5, 5.41) is -3.89. The summed E-state index contributed by atoms with van der Waals surface area (Å²) in [5.41, 5.74) is 4.05. The number of amides is 1. The lowest BCUT2D eigenvalue weighted by Gasteiger charge is -1.97. The number of alkyl halides is 3. The smallest absolute Gasteiger partial charge is 0.363 e. The molecule has 0 aromatic carbocycles. The summed E-state index contributed by atoms with van der Waals surface area (Å²) in [6.45, 7) is 0. The molecule has 0 spiro atoms. The molecule has 0 rings (SSSR count). The zero-order chi connectivity index (χ0) is 6.08. The monoisotopic (exact) mass is 129 g/mol. The van der Waals surface area contributed by atoms with Gasteiger partial charge in [0.1, 0.15) is 0 Å². The standard InChI is InChI=1S/C2H2ClF2NO/c3-2(4,5)1(6)7/h(H2,6,7). The van der Waals surface area contributed by atoms with Gasteiger partial charge in [-0.1, -0.05) is 0 Å². The lowest BCUT2D eigenvalue weighted by molar-refractivity contribution is -0.132. The highest BCUT2D eigenvalue weighted by atomic mass is 35.5. The highest BCUT2D eigenvalue weighted by Gasteiger charge is 2.32. The van der Waals surface area contributed by atoms with Crippen LogP contribution in [-0.2, 0) is 4.79 Å². The molecule has 1 amide bonds. The van der Waals surface area contributed by atoms with E-state index in [9.17, 15) is 13.6 Å². The maximum atomic E-state index is 11.1.